The molecule has 0 fully saturated rings. The SMILES string of the molecule is CCn1nc(C(=O)NCC(C)O)c(=O)c2cc(Cl)ccc21. The molecule has 1 unspecified atom stereocenters. The molecule has 1 heterocycles. The summed E-state index contributed by atoms with van der Waals surface area (Å²) < 4.78 is 1.57. The highest BCUT2D eigenvalue weighted by atomic mass is 35.5. The quantitative estimate of drug-likeness (QED) is 0.888. The number of nitrogens with one attached hydrogen (secondary N) is 1. The van der Waals surface area contributed by atoms with E-state index >= 15 is 0 Å². The number of benzene rings is 1. The topological polar surface area (TPSA) is 84.2 Å². The molecule has 0 spiro atoms. The largest absolute Gasteiger partial charge is 0.392 e. The summed E-state index contributed by atoms with van der Waals surface area (Å²) in [5, 5.41) is 16.5. The lowest BCUT2D eigenvalue weighted by Gasteiger charge is -2.11. The second kappa shape index (κ2) is 6.24. The zero-order valence-corrected chi connectivity index (χ0v) is 12.5. The van der Waals surface area contributed by atoms with Crippen molar-refractivity contribution in [3.63, 3.8) is 0 Å². The van der Waals surface area contributed by atoms with Gasteiger partial charge in [0.15, 0.2) is 5.69 Å². The van der Waals surface area contributed by atoms with Crippen LogP contribution in [0.4, 0.5) is 0 Å². The molecule has 0 radical (unpaired) electrons. The molecular weight excluding hydrogens is 294 g/mol. The summed E-state index contributed by atoms with van der Waals surface area (Å²) in [6.07, 6.45) is -0.697. The Morgan fingerprint density at radius 3 is 2.86 bits per heavy atom. The van der Waals surface area contributed by atoms with Gasteiger partial charge in [-0.15, -0.1) is 0 Å². The summed E-state index contributed by atoms with van der Waals surface area (Å²) in [6, 6.07) is 4.90. The highest BCUT2D eigenvalue weighted by Gasteiger charge is 2.17. The van der Waals surface area contributed by atoms with Crippen molar-refractivity contribution in [2.24, 2.45) is 0 Å². The molecule has 6 nitrogen and oxygen atoms in total. The summed E-state index contributed by atoms with van der Waals surface area (Å²) >= 11 is 5.92. The van der Waals surface area contributed by atoms with Crippen LogP contribution >= 0.6 is 11.6 Å². The lowest BCUT2D eigenvalue weighted by molar-refractivity contribution is 0.0916. The van der Waals surface area contributed by atoms with E-state index in [1.165, 1.54) is 13.0 Å². The van der Waals surface area contributed by atoms with Crippen LogP contribution in [0.5, 0.6) is 0 Å². The molecule has 7 heteroatoms. The van der Waals surface area contributed by atoms with Gasteiger partial charge in [0, 0.05) is 18.1 Å². The van der Waals surface area contributed by atoms with Crippen molar-refractivity contribution in [1.82, 2.24) is 15.1 Å². The first-order chi connectivity index (χ1) is 9.93. The second-order valence-electron chi connectivity index (χ2n) is 4.71. The van der Waals surface area contributed by atoms with Crippen LogP contribution in [0.1, 0.15) is 24.3 Å². The van der Waals surface area contributed by atoms with Gasteiger partial charge in [-0.2, -0.15) is 5.10 Å². The number of hydrogen-bond acceptors (Lipinski definition) is 4. The van der Waals surface area contributed by atoms with Gasteiger partial charge in [-0.3, -0.25) is 14.3 Å². The van der Waals surface area contributed by atoms with Crippen molar-refractivity contribution in [1.29, 1.82) is 0 Å². The van der Waals surface area contributed by atoms with Crippen LogP contribution in [0.25, 0.3) is 10.9 Å². The average Bonchev–Trinajstić information content (AvgIpc) is 2.45. The van der Waals surface area contributed by atoms with E-state index in [1.54, 1.807) is 16.8 Å². The first-order valence-electron chi connectivity index (χ1n) is 6.60. The zero-order valence-electron chi connectivity index (χ0n) is 11.8. The van der Waals surface area contributed by atoms with E-state index in [0.29, 0.717) is 22.5 Å². The molecule has 2 N–H and O–H groups in total. The number of aromatic nitrogens is 2. The number of carbonyl (C=O) groups excluding carboxylic acids is 1. The maximum atomic E-state index is 12.4. The lowest BCUT2D eigenvalue weighted by atomic mass is 10.2. The number of aryl methyl sites for hydroxylation is 1. The van der Waals surface area contributed by atoms with Crippen LogP contribution in [0.2, 0.25) is 5.02 Å². The van der Waals surface area contributed by atoms with E-state index in [1.807, 2.05) is 6.92 Å². The van der Waals surface area contributed by atoms with E-state index in [0.717, 1.165) is 0 Å². The van der Waals surface area contributed by atoms with E-state index < -0.39 is 17.4 Å². The van der Waals surface area contributed by atoms with Gasteiger partial charge in [-0.05, 0) is 32.0 Å². The predicted molar refractivity (Wildman–Crippen MR) is 80.7 cm³/mol. The standard InChI is InChI=1S/C14H16ClN3O3/c1-3-18-11-5-4-9(15)6-10(11)13(20)12(17-18)14(21)16-7-8(2)19/h4-6,8,19H,3,7H2,1-2H3,(H,16,21). The van der Waals surface area contributed by atoms with Crippen molar-refractivity contribution in [3.8, 4) is 0 Å². The van der Waals surface area contributed by atoms with Gasteiger partial charge in [-0.1, -0.05) is 11.6 Å². The molecular formula is C14H16ClN3O3. The van der Waals surface area contributed by atoms with E-state index in [-0.39, 0.29) is 12.2 Å². The van der Waals surface area contributed by atoms with Crippen LogP contribution in [-0.2, 0) is 6.54 Å². The van der Waals surface area contributed by atoms with Gasteiger partial charge in [0.05, 0.1) is 17.0 Å². The van der Waals surface area contributed by atoms with E-state index in [9.17, 15) is 14.7 Å². The van der Waals surface area contributed by atoms with Crippen LogP contribution in [-0.4, -0.2) is 33.4 Å². The fraction of sp³-hybridized carbons (Fsp3) is 0.357. The fourth-order valence-corrected chi connectivity index (χ4v) is 2.15. The number of aliphatic hydroxyl groups excluding tert-OH is 1. The first kappa shape index (κ1) is 15.5. The Hall–Kier alpha value is -1.92. The van der Waals surface area contributed by atoms with Crippen LogP contribution in [0.3, 0.4) is 0 Å². The number of amides is 1. The maximum absolute atomic E-state index is 12.4. The number of halogens is 1. The number of rotatable bonds is 4. The molecule has 2 rings (SSSR count). The third kappa shape index (κ3) is 3.22. The number of carbonyl (C=O) groups is 1. The number of aliphatic hydroxyl groups is 1. The summed E-state index contributed by atoms with van der Waals surface area (Å²) in [6.45, 7) is 3.97. The first-order valence-corrected chi connectivity index (χ1v) is 6.98. The molecule has 1 aromatic carbocycles. The fourth-order valence-electron chi connectivity index (χ4n) is 1.98. The van der Waals surface area contributed by atoms with Gasteiger partial charge in [0.1, 0.15) is 0 Å². The molecule has 1 amide bonds. The minimum Gasteiger partial charge on any atom is -0.392 e. The van der Waals surface area contributed by atoms with Gasteiger partial charge >= 0.3 is 0 Å². The van der Waals surface area contributed by atoms with Gasteiger partial charge in [0.25, 0.3) is 5.91 Å². The molecule has 1 atom stereocenters. The Morgan fingerprint density at radius 1 is 1.52 bits per heavy atom. The third-order valence-corrected chi connectivity index (χ3v) is 3.22. The lowest BCUT2D eigenvalue weighted by Crippen LogP contribution is -2.35. The number of hydrogen-bond donors (Lipinski definition) is 2. The molecule has 0 saturated heterocycles. The molecule has 112 valence electrons. The van der Waals surface area contributed by atoms with Crippen molar-refractivity contribution < 1.29 is 9.90 Å². The Morgan fingerprint density at radius 2 is 2.24 bits per heavy atom. The molecule has 0 saturated carbocycles. The minimum atomic E-state index is -0.697. The van der Waals surface area contributed by atoms with E-state index in [2.05, 4.69) is 10.4 Å². The normalized spacial score (nSPS) is 12.4. The van der Waals surface area contributed by atoms with Gasteiger partial charge in [0.2, 0.25) is 5.43 Å². The van der Waals surface area contributed by atoms with Crippen LogP contribution in [0.15, 0.2) is 23.0 Å². The second-order valence-corrected chi connectivity index (χ2v) is 5.15. The predicted octanol–water partition coefficient (Wildman–Crippen LogP) is 1.18. The Kier molecular flexibility index (Phi) is 4.59. The summed E-state index contributed by atoms with van der Waals surface area (Å²) in [4.78, 5) is 24.4. The maximum Gasteiger partial charge on any atom is 0.275 e. The Labute approximate surface area is 126 Å². The summed E-state index contributed by atoms with van der Waals surface area (Å²) in [5.74, 6) is -0.607. The summed E-state index contributed by atoms with van der Waals surface area (Å²) in [5.41, 5.74) is -0.0495. The number of fused-ring (bicyclic) bond motifs is 1. The van der Waals surface area contributed by atoms with Crippen LogP contribution in [0, 0.1) is 0 Å². The monoisotopic (exact) mass is 309 g/mol. The smallest absolute Gasteiger partial charge is 0.275 e. The number of nitrogens with zero attached hydrogens (tertiary/aromatic N) is 2. The van der Waals surface area contributed by atoms with Crippen molar-refractivity contribution in [2.45, 2.75) is 26.5 Å². The molecule has 0 bridgehead atoms. The minimum absolute atomic E-state index is 0.0552. The van der Waals surface area contributed by atoms with Crippen molar-refractivity contribution in [3.05, 3.63) is 39.1 Å². The van der Waals surface area contributed by atoms with Gasteiger partial charge in [-0.25, -0.2) is 0 Å². The van der Waals surface area contributed by atoms with Crippen molar-refractivity contribution in [2.75, 3.05) is 6.54 Å². The van der Waals surface area contributed by atoms with Gasteiger partial charge < -0.3 is 10.4 Å². The Balaban J connectivity index is 2.57. The Bertz CT molecular complexity index is 740. The molecule has 0 aliphatic rings. The zero-order chi connectivity index (χ0) is 15.6. The highest BCUT2D eigenvalue weighted by molar-refractivity contribution is 6.31. The summed E-state index contributed by atoms with van der Waals surface area (Å²) in [7, 11) is 0. The van der Waals surface area contributed by atoms with Crippen LogP contribution < -0.4 is 10.7 Å². The average molecular weight is 310 g/mol. The third-order valence-electron chi connectivity index (χ3n) is 2.99. The van der Waals surface area contributed by atoms with Crippen molar-refractivity contribution >= 4 is 28.4 Å². The molecule has 0 aliphatic carbocycles. The molecule has 1 aromatic heterocycles. The molecule has 2 aromatic rings. The highest BCUT2D eigenvalue weighted by Crippen LogP contribution is 2.16. The molecule has 0 aliphatic heterocycles. The molecule has 21 heavy (non-hydrogen) atoms. The van der Waals surface area contributed by atoms with E-state index in [4.69, 9.17) is 11.6 Å².